The number of nitrogens with zero attached hydrogens (tertiary/aromatic N) is 1. The summed E-state index contributed by atoms with van der Waals surface area (Å²) in [5.41, 5.74) is 5.30. The monoisotopic (exact) mass is 407 g/mol. The summed E-state index contributed by atoms with van der Waals surface area (Å²) in [6.45, 7) is 2.02. The van der Waals surface area contributed by atoms with Crippen molar-refractivity contribution in [1.82, 2.24) is 0 Å². The summed E-state index contributed by atoms with van der Waals surface area (Å²) in [6.07, 6.45) is 1.13. The van der Waals surface area contributed by atoms with Gasteiger partial charge in [-0.25, -0.2) is 0 Å². The number of halogens is 2. The summed E-state index contributed by atoms with van der Waals surface area (Å²) in [4.78, 5) is 12.5. The molecule has 0 heterocycles. The summed E-state index contributed by atoms with van der Waals surface area (Å²) in [7, 11) is 0. The van der Waals surface area contributed by atoms with E-state index in [1.54, 1.807) is 12.1 Å². The Morgan fingerprint density at radius 1 is 1.60 bits per heavy atom. The van der Waals surface area contributed by atoms with Gasteiger partial charge in [-0.1, -0.05) is 23.7 Å². The van der Waals surface area contributed by atoms with Crippen molar-refractivity contribution < 1.29 is 10.0 Å². The van der Waals surface area contributed by atoms with Crippen LogP contribution >= 0.6 is 34.2 Å². The van der Waals surface area contributed by atoms with Crippen molar-refractivity contribution in [3.05, 3.63) is 26.8 Å². The van der Waals surface area contributed by atoms with E-state index in [1.165, 1.54) is 0 Å². The maximum atomic E-state index is 12.5. The lowest BCUT2D eigenvalue weighted by Gasteiger charge is -2.43. The normalized spacial score (nSPS) is 25.9. The third kappa shape index (κ3) is 2.71. The Morgan fingerprint density at radius 2 is 2.25 bits per heavy atom. The van der Waals surface area contributed by atoms with Gasteiger partial charge in [-0.3, -0.25) is 4.79 Å². The third-order valence-corrected chi connectivity index (χ3v) is 4.59. The first-order chi connectivity index (χ1) is 9.39. The predicted molar refractivity (Wildman–Crippen MR) is 87.0 cm³/mol. The van der Waals surface area contributed by atoms with E-state index in [-0.39, 0.29) is 11.7 Å². The van der Waals surface area contributed by atoms with Gasteiger partial charge < -0.3 is 16.3 Å². The van der Waals surface area contributed by atoms with Crippen molar-refractivity contribution in [2.75, 3.05) is 5.32 Å². The molecule has 0 unspecified atom stereocenters. The van der Waals surface area contributed by atoms with Crippen LogP contribution in [0.1, 0.15) is 19.8 Å². The van der Waals surface area contributed by atoms with Crippen LogP contribution in [0.15, 0.2) is 23.4 Å². The molecule has 1 aliphatic carbocycles. The highest BCUT2D eigenvalue weighted by Crippen LogP contribution is 2.46. The highest BCUT2D eigenvalue weighted by atomic mass is 127. The number of amidine groups is 1. The molecule has 0 radical (unpaired) electrons. The lowest BCUT2D eigenvalue weighted by molar-refractivity contribution is -0.127. The van der Waals surface area contributed by atoms with Crippen LogP contribution in [0.25, 0.3) is 0 Å². The molecule has 1 fully saturated rings. The molecule has 1 aromatic carbocycles. The zero-order valence-corrected chi connectivity index (χ0v) is 13.8. The number of nitrogens with two attached hydrogens (primary N) is 1. The van der Waals surface area contributed by atoms with Gasteiger partial charge in [0.25, 0.3) is 0 Å². The number of carbonyl (C=O) groups is 1. The van der Waals surface area contributed by atoms with E-state index in [4.69, 9.17) is 22.5 Å². The van der Waals surface area contributed by atoms with E-state index in [0.29, 0.717) is 29.5 Å². The minimum atomic E-state index is -0.930. The Hall–Kier alpha value is -1.02. The van der Waals surface area contributed by atoms with Gasteiger partial charge in [0.05, 0.1) is 10.7 Å². The Labute approximate surface area is 135 Å². The first kappa shape index (κ1) is 15.4. The Morgan fingerprint density at radius 3 is 2.75 bits per heavy atom. The van der Waals surface area contributed by atoms with E-state index in [0.717, 1.165) is 3.57 Å². The fourth-order valence-electron chi connectivity index (χ4n) is 2.57. The number of hydrogen-bond donors (Lipinski definition) is 3. The number of anilines is 1. The summed E-state index contributed by atoms with van der Waals surface area (Å²) >= 11 is 8.24. The molecule has 0 aliphatic heterocycles. The number of amides is 1. The molecule has 1 aliphatic rings. The Kier molecular flexibility index (Phi) is 4.43. The molecule has 108 valence electrons. The quantitative estimate of drug-likeness (QED) is 0.237. The van der Waals surface area contributed by atoms with Crippen LogP contribution in [-0.2, 0) is 4.79 Å². The van der Waals surface area contributed by atoms with Gasteiger partial charge in [0, 0.05) is 3.57 Å². The Balaban J connectivity index is 2.22. The van der Waals surface area contributed by atoms with Crippen LogP contribution in [0.4, 0.5) is 5.69 Å². The minimum absolute atomic E-state index is 0.0465. The van der Waals surface area contributed by atoms with Crippen molar-refractivity contribution in [3.8, 4) is 0 Å². The summed E-state index contributed by atoms with van der Waals surface area (Å²) < 4.78 is 0.981. The smallest absolute Gasteiger partial charge is 0.238 e. The average molecular weight is 408 g/mol. The molecule has 2 rings (SSSR count). The van der Waals surface area contributed by atoms with Crippen molar-refractivity contribution in [3.63, 3.8) is 0 Å². The molecular weight excluding hydrogens is 393 g/mol. The number of nitrogens with one attached hydrogen (secondary N) is 1. The van der Waals surface area contributed by atoms with Gasteiger partial charge in [-0.2, -0.15) is 0 Å². The number of rotatable bonds is 3. The van der Waals surface area contributed by atoms with Crippen molar-refractivity contribution in [1.29, 1.82) is 0 Å². The van der Waals surface area contributed by atoms with Gasteiger partial charge in [-0.05, 0) is 59.5 Å². The molecule has 5 nitrogen and oxygen atoms in total. The van der Waals surface area contributed by atoms with Crippen LogP contribution in [-0.4, -0.2) is 17.0 Å². The lowest BCUT2D eigenvalue weighted by atomic mass is 9.61. The van der Waals surface area contributed by atoms with Gasteiger partial charge in [0.2, 0.25) is 5.91 Å². The summed E-state index contributed by atoms with van der Waals surface area (Å²) in [5, 5.41) is 15.1. The van der Waals surface area contributed by atoms with E-state index >= 15 is 0 Å². The molecular formula is C13H15ClIN3O2. The lowest BCUT2D eigenvalue weighted by Crippen LogP contribution is -2.54. The van der Waals surface area contributed by atoms with Gasteiger partial charge in [-0.15, -0.1) is 0 Å². The maximum Gasteiger partial charge on any atom is 0.238 e. The fraction of sp³-hybridized carbons (Fsp3) is 0.385. The van der Waals surface area contributed by atoms with Crippen LogP contribution < -0.4 is 11.1 Å². The molecule has 0 bridgehead atoms. The van der Waals surface area contributed by atoms with E-state index in [2.05, 4.69) is 33.1 Å². The van der Waals surface area contributed by atoms with E-state index < -0.39 is 5.41 Å². The van der Waals surface area contributed by atoms with Gasteiger partial charge in [0.15, 0.2) is 5.84 Å². The third-order valence-electron chi connectivity index (χ3n) is 3.61. The molecule has 4 N–H and O–H groups in total. The van der Waals surface area contributed by atoms with Crippen LogP contribution in [0.3, 0.4) is 0 Å². The second kappa shape index (κ2) is 5.77. The zero-order valence-electron chi connectivity index (χ0n) is 10.9. The SMILES string of the molecule is CC1CC(C(=O)Nc2ccc(I)cc2Cl)(/C(N)=N/O)C1. The first-order valence-corrected chi connectivity index (χ1v) is 7.59. The zero-order chi connectivity index (χ0) is 14.9. The molecule has 1 saturated carbocycles. The number of oxime groups is 1. The second-order valence-corrected chi connectivity index (χ2v) is 6.81. The average Bonchev–Trinajstić information content (AvgIpc) is 2.37. The molecule has 20 heavy (non-hydrogen) atoms. The predicted octanol–water partition coefficient (Wildman–Crippen LogP) is 3.05. The molecule has 1 aromatic rings. The molecule has 0 aromatic heterocycles. The van der Waals surface area contributed by atoms with Crippen LogP contribution in [0.2, 0.25) is 5.02 Å². The largest absolute Gasteiger partial charge is 0.409 e. The molecule has 1 amide bonds. The van der Waals surface area contributed by atoms with Gasteiger partial charge in [0.1, 0.15) is 5.41 Å². The van der Waals surface area contributed by atoms with Crippen molar-refractivity contribution in [2.24, 2.45) is 22.2 Å². The first-order valence-electron chi connectivity index (χ1n) is 6.13. The minimum Gasteiger partial charge on any atom is -0.409 e. The topological polar surface area (TPSA) is 87.7 Å². The highest BCUT2D eigenvalue weighted by Gasteiger charge is 2.52. The Bertz CT molecular complexity index is 571. The van der Waals surface area contributed by atoms with Gasteiger partial charge >= 0.3 is 0 Å². The standard InChI is InChI=1S/C13H15ClIN3O2/c1-7-5-13(6-7,11(16)18-20)12(19)17-10-3-2-8(15)4-9(10)14/h2-4,7,20H,5-6H2,1H3,(H2,16,18)(H,17,19). The number of hydrogen-bond acceptors (Lipinski definition) is 3. The maximum absolute atomic E-state index is 12.5. The molecule has 0 spiro atoms. The summed E-state index contributed by atoms with van der Waals surface area (Å²) in [5.74, 6) is 0.0389. The molecule has 0 saturated heterocycles. The molecule has 7 heteroatoms. The van der Waals surface area contributed by atoms with Crippen LogP contribution in [0.5, 0.6) is 0 Å². The highest BCUT2D eigenvalue weighted by molar-refractivity contribution is 14.1. The van der Waals surface area contributed by atoms with E-state index in [9.17, 15) is 4.79 Å². The van der Waals surface area contributed by atoms with Crippen molar-refractivity contribution >= 4 is 51.6 Å². The summed E-state index contributed by atoms with van der Waals surface area (Å²) in [6, 6.07) is 5.35. The van der Waals surface area contributed by atoms with Crippen molar-refractivity contribution in [2.45, 2.75) is 19.8 Å². The number of benzene rings is 1. The molecule has 0 atom stereocenters. The van der Waals surface area contributed by atoms with Crippen LogP contribution in [0, 0.1) is 14.9 Å². The fourth-order valence-corrected chi connectivity index (χ4v) is 3.47. The van der Waals surface area contributed by atoms with E-state index in [1.807, 2.05) is 13.0 Å². The number of carbonyl (C=O) groups excluding carboxylic acids is 1. The second-order valence-electron chi connectivity index (χ2n) is 5.16.